The lowest BCUT2D eigenvalue weighted by Gasteiger charge is -1.93. The zero-order chi connectivity index (χ0) is 8.74. The molecule has 0 aromatic carbocycles. The Hall–Kier alpha value is -0.750. The molecule has 8 heteroatoms. The Morgan fingerprint density at radius 1 is 1.45 bits per heavy atom. The van der Waals surface area contributed by atoms with Gasteiger partial charge in [0.25, 0.3) is 0 Å². The van der Waals surface area contributed by atoms with E-state index in [2.05, 4.69) is 19.9 Å². The van der Waals surface area contributed by atoms with Crippen molar-refractivity contribution in [1.82, 2.24) is 15.4 Å². The van der Waals surface area contributed by atoms with E-state index in [-0.39, 0.29) is 0 Å². The number of aromatic nitrogens is 3. The van der Waals surface area contributed by atoms with Crippen LogP contribution in [0.25, 0.3) is 0 Å². The molecule has 1 rings (SSSR count). The van der Waals surface area contributed by atoms with Gasteiger partial charge in [0, 0.05) is 7.11 Å². The fourth-order valence-corrected chi connectivity index (χ4v) is 0.167. The van der Waals surface area contributed by atoms with E-state index in [1.807, 2.05) is 0 Å². The van der Waals surface area contributed by atoms with E-state index in [1.165, 1.54) is 0 Å². The first-order chi connectivity index (χ1) is 5.06. The van der Waals surface area contributed by atoms with E-state index in [0.717, 1.165) is 7.11 Å². The Bertz CT molecular complexity index is 189. The average Bonchev–Trinajstić information content (AvgIpc) is 2.41. The van der Waals surface area contributed by atoms with Gasteiger partial charge in [0.1, 0.15) is 0 Å². The lowest BCUT2D eigenvalue weighted by Crippen LogP contribution is -1.76. The molecule has 0 aliphatic carbocycles. The molecule has 0 bridgehead atoms. The lowest BCUT2D eigenvalue weighted by atomic mass is 11.0. The summed E-state index contributed by atoms with van der Waals surface area (Å²) in [5, 5.41) is 9.33. The summed E-state index contributed by atoms with van der Waals surface area (Å²) in [4.78, 5) is 15.4. The Labute approximate surface area is 62.6 Å². The molecule has 7 nitrogen and oxygen atoms in total. The van der Waals surface area contributed by atoms with Crippen LogP contribution in [-0.2, 0) is 9.09 Å². The van der Waals surface area contributed by atoms with Crippen molar-refractivity contribution < 1.29 is 18.9 Å². The maximum Gasteiger partial charge on any atom is 0.469 e. The smallest absolute Gasteiger partial charge is 0.303 e. The van der Waals surface area contributed by atoms with Crippen LogP contribution in [0.4, 0.5) is 0 Å². The van der Waals surface area contributed by atoms with E-state index < -0.39 is 7.82 Å². The number of nitrogens with one attached hydrogen (secondary N) is 1. The molecule has 1 aromatic heterocycles. The molecule has 3 N–H and O–H groups in total. The van der Waals surface area contributed by atoms with Crippen molar-refractivity contribution in [2.75, 3.05) is 7.11 Å². The molecule has 0 atom stereocenters. The number of phosphoric ester groups is 1. The van der Waals surface area contributed by atoms with Gasteiger partial charge in [-0.15, -0.1) is 0 Å². The van der Waals surface area contributed by atoms with Crippen LogP contribution in [-0.4, -0.2) is 32.3 Å². The molecule has 64 valence electrons. The van der Waals surface area contributed by atoms with Crippen molar-refractivity contribution in [3.8, 4) is 0 Å². The molecule has 0 aliphatic heterocycles. The van der Waals surface area contributed by atoms with Gasteiger partial charge in [-0.1, -0.05) is 0 Å². The first-order valence-corrected chi connectivity index (χ1v) is 4.00. The van der Waals surface area contributed by atoms with E-state index in [1.54, 1.807) is 12.4 Å². The van der Waals surface area contributed by atoms with Gasteiger partial charge in [0.05, 0.1) is 12.4 Å². The number of aromatic amines is 1. The van der Waals surface area contributed by atoms with Gasteiger partial charge >= 0.3 is 7.82 Å². The largest absolute Gasteiger partial charge is 0.469 e. The Balaban J connectivity index is 0.000000183. The second-order valence-electron chi connectivity index (χ2n) is 1.33. The van der Waals surface area contributed by atoms with Crippen LogP contribution in [0.2, 0.25) is 0 Å². The SMILES string of the molecule is COP(=O)(O)O.c1cn[nH]n1. The van der Waals surface area contributed by atoms with Crippen LogP contribution in [0.3, 0.4) is 0 Å². The third kappa shape index (κ3) is 9.25. The van der Waals surface area contributed by atoms with Crippen molar-refractivity contribution in [3.63, 3.8) is 0 Å². The normalized spacial score (nSPS) is 10.1. The molecule has 0 saturated heterocycles. The second kappa shape index (κ2) is 4.97. The number of nitrogens with zero attached hydrogens (tertiary/aromatic N) is 2. The minimum atomic E-state index is -4.15. The lowest BCUT2D eigenvalue weighted by molar-refractivity contribution is 0.235. The molecule has 0 unspecified atom stereocenters. The van der Waals surface area contributed by atoms with Gasteiger partial charge in [-0.3, -0.25) is 4.52 Å². The summed E-state index contributed by atoms with van der Waals surface area (Å²) in [5.74, 6) is 0. The highest BCUT2D eigenvalue weighted by Gasteiger charge is 2.07. The zero-order valence-corrected chi connectivity index (χ0v) is 6.60. The summed E-state index contributed by atoms with van der Waals surface area (Å²) in [6, 6.07) is 0. The predicted octanol–water partition coefficient (Wildman–Crippen LogP) is -0.470. The molecule has 0 fully saturated rings. The van der Waals surface area contributed by atoms with E-state index in [4.69, 9.17) is 9.79 Å². The molecule has 0 radical (unpaired) electrons. The van der Waals surface area contributed by atoms with Crippen LogP contribution < -0.4 is 0 Å². The Morgan fingerprint density at radius 2 is 1.82 bits per heavy atom. The third-order valence-electron chi connectivity index (χ3n) is 0.569. The topological polar surface area (TPSA) is 108 Å². The average molecular weight is 181 g/mol. The number of hydrogen-bond acceptors (Lipinski definition) is 4. The molecular formula is C3H8N3O4P. The van der Waals surface area contributed by atoms with Crippen molar-refractivity contribution in [2.24, 2.45) is 0 Å². The summed E-state index contributed by atoms with van der Waals surface area (Å²) >= 11 is 0. The van der Waals surface area contributed by atoms with Crippen molar-refractivity contribution in [2.45, 2.75) is 0 Å². The number of H-pyrrole nitrogens is 1. The minimum Gasteiger partial charge on any atom is -0.303 e. The van der Waals surface area contributed by atoms with Gasteiger partial charge in [-0.2, -0.15) is 15.4 Å². The van der Waals surface area contributed by atoms with Gasteiger partial charge in [0.15, 0.2) is 0 Å². The minimum absolute atomic E-state index is 0.945. The maximum atomic E-state index is 9.47. The molecule has 1 aromatic rings. The van der Waals surface area contributed by atoms with E-state index >= 15 is 0 Å². The third-order valence-corrected chi connectivity index (χ3v) is 1.04. The highest BCUT2D eigenvalue weighted by Crippen LogP contribution is 2.33. The van der Waals surface area contributed by atoms with Crippen molar-refractivity contribution in [3.05, 3.63) is 12.4 Å². The molecule has 0 amide bonds. The quantitative estimate of drug-likeness (QED) is 0.505. The maximum absolute atomic E-state index is 9.47. The van der Waals surface area contributed by atoms with Crippen LogP contribution in [0.15, 0.2) is 12.4 Å². The summed E-state index contributed by atoms with van der Waals surface area (Å²) < 4.78 is 13.1. The molecule has 0 spiro atoms. The van der Waals surface area contributed by atoms with Gasteiger partial charge < -0.3 is 9.79 Å². The van der Waals surface area contributed by atoms with Crippen molar-refractivity contribution >= 4 is 7.82 Å². The van der Waals surface area contributed by atoms with E-state index in [0.29, 0.717) is 0 Å². The van der Waals surface area contributed by atoms with Crippen LogP contribution in [0.5, 0.6) is 0 Å². The first kappa shape index (κ1) is 10.2. The van der Waals surface area contributed by atoms with Gasteiger partial charge in [-0.25, -0.2) is 4.57 Å². The second-order valence-corrected chi connectivity index (χ2v) is 2.68. The highest BCUT2D eigenvalue weighted by molar-refractivity contribution is 7.46. The van der Waals surface area contributed by atoms with E-state index in [9.17, 15) is 4.57 Å². The van der Waals surface area contributed by atoms with Crippen molar-refractivity contribution in [1.29, 1.82) is 0 Å². The first-order valence-electron chi connectivity index (χ1n) is 2.47. The monoisotopic (exact) mass is 181 g/mol. The molecule has 0 saturated carbocycles. The zero-order valence-electron chi connectivity index (χ0n) is 5.71. The number of rotatable bonds is 1. The Morgan fingerprint density at radius 3 is 1.91 bits per heavy atom. The van der Waals surface area contributed by atoms with Crippen LogP contribution >= 0.6 is 7.82 Å². The molecule has 11 heavy (non-hydrogen) atoms. The summed E-state index contributed by atoms with van der Waals surface area (Å²) in [5.41, 5.74) is 0. The number of phosphoric acid groups is 1. The molecular weight excluding hydrogens is 173 g/mol. The fraction of sp³-hybridized carbons (Fsp3) is 0.333. The highest BCUT2D eigenvalue weighted by atomic mass is 31.2. The summed E-state index contributed by atoms with van der Waals surface area (Å²) in [6.07, 6.45) is 3.17. The number of hydrogen-bond donors (Lipinski definition) is 3. The molecule has 0 aliphatic rings. The van der Waals surface area contributed by atoms with Crippen LogP contribution in [0, 0.1) is 0 Å². The van der Waals surface area contributed by atoms with Crippen LogP contribution in [0.1, 0.15) is 0 Å². The standard InChI is InChI=1S/C2H3N3.CH5O4P/c1-2-4-5-3-1;1-5-6(2,3)4/h1-2H,(H,3,4,5);1H3,(H2,2,3,4). The Kier molecular flexibility index (Phi) is 4.64. The predicted molar refractivity (Wildman–Crippen MR) is 35.4 cm³/mol. The summed E-state index contributed by atoms with van der Waals surface area (Å²) in [7, 11) is -3.20. The van der Waals surface area contributed by atoms with Gasteiger partial charge in [0.2, 0.25) is 0 Å². The van der Waals surface area contributed by atoms with Gasteiger partial charge in [-0.05, 0) is 0 Å². The fourth-order valence-electron chi connectivity index (χ4n) is 0.167. The molecule has 1 heterocycles. The summed E-state index contributed by atoms with van der Waals surface area (Å²) in [6.45, 7) is 0.